The first-order valence-electron chi connectivity index (χ1n) is 4.56. The van der Waals surface area contributed by atoms with E-state index < -0.39 is 0 Å². The van der Waals surface area contributed by atoms with Gasteiger partial charge in [-0.15, -0.1) is 0 Å². The minimum atomic E-state index is -0.121. The van der Waals surface area contributed by atoms with Crippen molar-refractivity contribution in [2.75, 3.05) is 0 Å². The van der Waals surface area contributed by atoms with E-state index in [-0.39, 0.29) is 11.9 Å². The maximum atomic E-state index is 11.0. The minimum absolute atomic E-state index is 0.121. The molecule has 2 aliphatic rings. The Morgan fingerprint density at radius 3 is 2.92 bits per heavy atom. The van der Waals surface area contributed by atoms with E-state index in [0.29, 0.717) is 11.8 Å². The van der Waals surface area contributed by atoms with Crippen LogP contribution in [0.3, 0.4) is 0 Å². The lowest BCUT2D eigenvalue weighted by Gasteiger charge is -2.05. The largest absolute Gasteiger partial charge is 0.393 e. The van der Waals surface area contributed by atoms with Crippen molar-refractivity contribution in [3.05, 3.63) is 11.6 Å². The highest BCUT2D eigenvalue weighted by molar-refractivity contribution is 5.93. The maximum Gasteiger partial charge on any atom is 0.155 e. The van der Waals surface area contributed by atoms with Gasteiger partial charge in [-0.25, -0.2) is 0 Å². The van der Waals surface area contributed by atoms with Crippen LogP contribution < -0.4 is 0 Å². The fourth-order valence-electron chi connectivity index (χ4n) is 2.44. The van der Waals surface area contributed by atoms with E-state index in [0.717, 1.165) is 24.8 Å². The molecule has 0 spiro atoms. The molecular weight excluding hydrogens is 152 g/mol. The Hall–Kier alpha value is -0.630. The molecule has 2 rings (SSSR count). The third kappa shape index (κ3) is 1.20. The summed E-state index contributed by atoms with van der Waals surface area (Å²) >= 11 is 0. The number of carbonyl (C=O) groups excluding carboxylic acids is 1. The van der Waals surface area contributed by atoms with Gasteiger partial charge >= 0.3 is 0 Å². The molecule has 3 atom stereocenters. The molecule has 1 fully saturated rings. The SMILES string of the molecule is CC(=O)C1=CC2CC(O)CC2C1. The Morgan fingerprint density at radius 1 is 1.58 bits per heavy atom. The second kappa shape index (κ2) is 2.70. The fourth-order valence-corrected chi connectivity index (χ4v) is 2.44. The average molecular weight is 166 g/mol. The summed E-state index contributed by atoms with van der Waals surface area (Å²) in [6, 6.07) is 0. The molecule has 2 heteroatoms. The lowest BCUT2D eigenvalue weighted by Crippen LogP contribution is -2.02. The van der Waals surface area contributed by atoms with Gasteiger partial charge in [0.25, 0.3) is 0 Å². The summed E-state index contributed by atoms with van der Waals surface area (Å²) in [7, 11) is 0. The summed E-state index contributed by atoms with van der Waals surface area (Å²) in [5.41, 5.74) is 0.983. The van der Waals surface area contributed by atoms with Crippen molar-refractivity contribution in [2.24, 2.45) is 11.8 Å². The zero-order valence-electron chi connectivity index (χ0n) is 7.29. The van der Waals surface area contributed by atoms with Crippen LogP contribution in [0.2, 0.25) is 0 Å². The Balaban J connectivity index is 2.10. The van der Waals surface area contributed by atoms with Crippen LogP contribution in [0.1, 0.15) is 26.2 Å². The summed E-state index contributed by atoms with van der Waals surface area (Å²) in [6.45, 7) is 1.63. The summed E-state index contributed by atoms with van der Waals surface area (Å²) in [5.74, 6) is 1.25. The number of Topliss-reactive ketones (excluding diaryl/α,β-unsaturated/α-hetero) is 1. The average Bonchev–Trinajstić information content (AvgIpc) is 2.42. The van der Waals surface area contributed by atoms with Gasteiger partial charge in [0.1, 0.15) is 0 Å². The predicted octanol–water partition coefficient (Wildman–Crippen LogP) is 1.29. The van der Waals surface area contributed by atoms with Crippen LogP contribution in [-0.4, -0.2) is 17.0 Å². The number of ketones is 1. The van der Waals surface area contributed by atoms with Crippen LogP contribution in [0.4, 0.5) is 0 Å². The molecule has 0 saturated heterocycles. The van der Waals surface area contributed by atoms with Crippen LogP contribution in [-0.2, 0) is 4.79 Å². The van der Waals surface area contributed by atoms with Crippen molar-refractivity contribution < 1.29 is 9.90 Å². The highest BCUT2D eigenvalue weighted by atomic mass is 16.3. The van der Waals surface area contributed by atoms with E-state index in [1.54, 1.807) is 6.92 Å². The number of rotatable bonds is 1. The van der Waals surface area contributed by atoms with Gasteiger partial charge < -0.3 is 5.11 Å². The van der Waals surface area contributed by atoms with Crippen molar-refractivity contribution in [1.82, 2.24) is 0 Å². The van der Waals surface area contributed by atoms with Gasteiger partial charge in [0, 0.05) is 0 Å². The third-order valence-electron chi connectivity index (χ3n) is 3.07. The van der Waals surface area contributed by atoms with Gasteiger partial charge in [0.15, 0.2) is 5.78 Å². The molecule has 2 aliphatic carbocycles. The first kappa shape index (κ1) is 7.99. The smallest absolute Gasteiger partial charge is 0.155 e. The molecule has 0 aromatic carbocycles. The molecule has 66 valence electrons. The van der Waals surface area contributed by atoms with Gasteiger partial charge in [0.05, 0.1) is 6.10 Å². The van der Waals surface area contributed by atoms with Crippen molar-refractivity contribution in [2.45, 2.75) is 32.3 Å². The Bertz CT molecular complexity index is 242. The number of fused-ring (bicyclic) bond motifs is 1. The molecule has 1 N–H and O–H groups in total. The molecule has 0 aliphatic heterocycles. The van der Waals surface area contributed by atoms with Gasteiger partial charge in [-0.05, 0) is 43.6 Å². The summed E-state index contributed by atoms with van der Waals surface area (Å²) < 4.78 is 0. The van der Waals surface area contributed by atoms with Crippen molar-refractivity contribution >= 4 is 5.78 Å². The molecule has 0 heterocycles. The molecule has 2 nitrogen and oxygen atoms in total. The quantitative estimate of drug-likeness (QED) is 0.637. The first-order chi connectivity index (χ1) is 5.66. The van der Waals surface area contributed by atoms with Crippen LogP contribution >= 0.6 is 0 Å². The topological polar surface area (TPSA) is 37.3 Å². The van der Waals surface area contributed by atoms with Crippen molar-refractivity contribution in [3.63, 3.8) is 0 Å². The van der Waals surface area contributed by atoms with Gasteiger partial charge in [-0.2, -0.15) is 0 Å². The lowest BCUT2D eigenvalue weighted by molar-refractivity contribution is -0.113. The molecule has 3 unspecified atom stereocenters. The second-order valence-electron chi connectivity index (χ2n) is 4.00. The highest BCUT2D eigenvalue weighted by Crippen LogP contribution is 2.42. The van der Waals surface area contributed by atoms with Crippen molar-refractivity contribution in [3.8, 4) is 0 Å². The van der Waals surface area contributed by atoms with Crippen LogP contribution in [0.15, 0.2) is 11.6 Å². The number of carbonyl (C=O) groups is 1. The van der Waals surface area contributed by atoms with E-state index in [1.165, 1.54) is 0 Å². The third-order valence-corrected chi connectivity index (χ3v) is 3.07. The molecule has 12 heavy (non-hydrogen) atoms. The highest BCUT2D eigenvalue weighted by Gasteiger charge is 2.37. The zero-order valence-corrected chi connectivity index (χ0v) is 7.29. The second-order valence-corrected chi connectivity index (χ2v) is 4.00. The van der Waals surface area contributed by atoms with Crippen LogP contribution in [0.5, 0.6) is 0 Å². The number of allylic oxidation sites excluding steroid dienone is 2. The zero-order chi connectivity index (χ0) is 8.72. The van der Waals surface area contributed by atoms with E-state index in [4.69, 9.17) is 0 Å². The first-order valence-corrected chi connectivity index (χ1v) is 4.56. The Labute approximate surface area is 72.3 Å². The number of aliphatic hydroxyl groups is 1. The standard InChI is InChI=1S/C10H14O2/c1-6(11)7-2-8-4-10(12)5-9(8)3-7/h2,8-10,12H,3-5H2,1H3. The van der Waals surface area contributed by atoms with E-state index in [2.05, 4.69) is 6.08 Å². The molecule has 0 aromatic heterocycles. The van der Waals surface area contributed by atoms with Crippen molar-refractivity contribution in [1.29, 1.82) is 0 Å². The monoisotopic (exact) mass is 166 g/mol. The van der Waals surface area contributed by atoms with Crippen LogP contribution in [0.25, 0.3) is 0 Å². The van der Waals surface area contributed by atoms with E-state index in [9.17, 15) is 9.90 Å². The Morgan fingerprint density at radius 2 is 2.33 bits per heavy atom. The molecule has 0 aromatic rings. The molecular formula is C10H14O2. The maximum absolute atomic E-state index is 11.0. The minimum Gasteiger partial charge on any atom is -0.393 e. The number of hydrogen-bond acceptors (Lipinski definition) is 2. The molecule has 0 radical (unpaired) electrons. The molecule has 0 amide bonds. The van der Waals surface area contributed by atoms with Gasteiger partial charge in [-0.1, -0.05) is 6.08 Å². The van der Waals surface area contributed by atoms with Gasteiger partial charge in [-0.3, -0.25) is 4.79 Å². The lowest BCUT2D eigenvalue weighted by atomic mass is 9.99. The Kier molecular flexibility index (Phi) is 1.80. The van der Waals surface area contributed by atoms with E-state index >= 15 is 0 Å². The molecule has 1 saturated carbocycles. The molecule has 0 bridgehead atoms. The predicted molar refractivity (Wildman–Crippen MR) is 45.6 cm³/mol. The fraction of sp³-hybridized carbons (Fsp3) is 0.700. The summed E-state index contributed by atoms with van der Waals surface area (Å²) in [4.78, 5) is 11.0. The normalized spacial score (nSPS) is 39.5. The number of hydrogen-bond donors (Lipinski definition) is 1. The van der Waals surface area contributed by atoms with Crippen LogP contribution in [0, 0.1) is 11.8 Å². The van der Waals surface area contributed by atoms with Gasteiger partial charge in [0.2, 0.25) is 0 Å². The summed E-state index contributed by atoms with van der Waals surface area (Å²) in [5, 5.41) is 9.35. The van der Waals surface area contributed by atoms with E-state index in [1.807, 2.05) is 0 Å². The summed E-state index contributed by atoms with van der Waals surface area (Å²) in [6.07, 6.45) is 4.60. The number of aliphatic hydroxyl groups excluding tert-OH is 1.